The van der Waals surface area contributed by atoms with E-state index >= 15 is 0 Å². The van der Waals surface area contributed by atoms with E-state index in [2.05, 4.69) is 65.6 Å². The van der Waals surface area contributed by atoms with E-state index in [0.717, 1.165) is 6.54 Å². The summed E-state index contributed by atoms with van der Waals surface area (Å²) < 4.78 is 1.39. The van der Waals surface area contributed by atoms with Crippen LogP contribution in [0.4, 0.5) is 0 Å². The van der Waals surface area contributed by atoms with Crippen LogP contribution in [-0.2, 0) is 6.54 Å². The van der Waals surface area contributed by atoms with E-state index in [9.17, 15) is 0 Å². The second kappa shape index (κ2) is 4.11. The molecule has 1 radical (unpaired) electrons. The van der Waals surface area contributed by atoms with Crippen molar-refractivity contribution in [2.45, 2.75) is 6.54 Å². The molecule has 0 saturated heterocycles. The first-order chi connectivity index (χ1) is 5.20. The van der Waals surface area contributed by atoms with Crippen LogP contribution in [0.2, 0.25) is 0 Å². The van der Waals surface area contributed by atoms with Gasteiger partial charge in [0.2, 0.25) is 0 Å². The quantitative estimate of drug-likeness (QED) is 0.703. The van der Waals surface area contributed by atoms with Crippen molar-refractivity contribution < 1.29 is 0 Å². The number of hydrogen-bond donors (Lipinski definition) is 0. The van der Waals surface area contributed by atoms with Crippen LogP contribution in [0.3, 0.4) is 0 Å². The Labute approximate surface area is 81.3 Å². The van der Waals surface area contributed by atoms with Gasteiger partial charge in [-0.15, -0.1) is 0 Å². The van der Waals surface area contributed by atoms with Gasteiger partial charge in [0, 0.05) is 0 Å². The zero-order valence-electron chi connectivity index (χ0n) is 6.87. The normalized spacial score (nSPS) is 10.5. The molecule has 0 saturated carbocycles. The van der Waals surface area contributed by atoms with Crippen LogP contribution in [0.5, 0.6) is 0 Å². The first-order valence-corrected chi connectivity index (χ1v) is 4.76. The molecule has 0 N–H and O–H groups in total. The van der Waals surface area contributed by atoms with E-state index in [-0.39, 0.29) is 0 Å². The molecule has 0 aliphatic rings. The molecule has 1 aromatic rings. The first kappa shape index (κ1) is 9.06. The average molecular weight is 262 g/mol. The van der Waals surface area contributed by atoms with Crippen molar-refractivity contribution >= 4 is 25.9 Å². The zero-order valence-corrected chi connectivity index (χ0v) is 9.20. The molecule has 0 amide bonds. The molecule has 0 aliphatic carbocycles. The Morgan fingerprint density at radius 3 is 2.45 bits per heavy atom. The van der Waals surface area contributed by atoms with Gasteiger partial charge in [-0.1, -0.05) is 0 Å². The van der Waals surface area contributed by atoms with Gasteiger partial charge in [0.15, 0.2) is 0 Å². The van der Waals surface area contributed by atoms with Gasteiger partial charge in [0.05, 0.1) is 0 Å². The predicted molar refractivity (Wildman–Crippen MR) is 49.2 cm³/mol. The third-order valence-corrected chi connectivity index (χ3v) is 2.60. The van der Waals surface area contributed by atoms with Crippen molar-refractivity contribution in [1.29, 1.82) is 0 Å². The van der Waals surface area contributed by atoms with E-state index in [1.807, 2.05) is 0 Å². The molecule has 0 aliphatic heterocycles. The topological polar surface area (TPSA) is 3.24 Å². The van der Waals surface area contributed by atoms with Crippen molar-refractivity contribution in [3.63, 3.8) is 0 Å². The minimum atomic E-state index is 1.04. The van der Waals surface area contributed by atoms with Gasteiger partial charge in [0.1, 0.15) is 0 Å². The number of benzene rings is 1. The molecule has 0 bridgehead atoms. The van der Waals surface area contributed by atoms with Gasteiger partial charge in [0.25, 0.3) is 0 Å². The number of hydrogen-bond acceptors (Lipinski definition) is 1. The zero-order chi connectivity index (χ0) is 8.27. The van der Waals surface area contributed by atoms with Crippen molar-refractivity contribution in [2.75, 3.05) is 14.1 Å². The van der Waals surface area contributed by atoms with E-state index in [0.29, 0.717) is 0 Å². The van der Waals surface area contributed by atoms with Gasteiger partial charge in [-0.05, 0) is 0 Å². The van der Waals surface area contributed by atoms with Crippen LogP contribution >= 0.6 is 0 Å². The molecule has 0 fully saturated rings. The summed E-state index contributed by atoms with van der Waals surface area (Å²) in [6, 6.07) is 8.51. The third kappa shape index (κ3) is 2.83. The van der Waals surface area contributed by atoms with Crippen LogP contribution < -0.4 is 3.61 Å². The summed E-state index contributed by atoms with van der Waals surface area (Å²) in [6.45, 7) is 1.04. The Balaban J connectivity index is 2.78. The van der Waals surface area contributed by atoms with E-state index in [1.54, 1.807) is 0 Å². The molecule has 0 aromatic heterocycles. The van der Waals surface area contributed by atoms with Gasteiger partial charge in [-0.25, -0.2) is 0 Å². The Hall–Kier alpha value is -0.0304. The van der Waals surface area contributed by atoms with Gasteiger partial charge >= 0.3 is 81.3 Å². The van der Waals surface area contributed by atoms with Gasteiger partial charge in [-0.3, -0.25) is 0 Å². The fourth-order valence-corrected chi connectivity index (χ4v) is 1.58. The van der Waals surface area contributed by atoms with Crippen molar-refractivity contribution in [2.24, 2.45) is 0 Å². The molecule has 1 aromatic carbocycles. The number of rotatable bonds is 2. The molecule has 1 nitrogen and oxygen atoms in total. The van der Waals surface area contributed by atoms with Crippen molar-refractivity contribution in [3.05, 3.63) is 29.8 Å². The molecule has 1 rings (SSSR count). The average Bonchev–Trinajstić information content (AvgIpc) is 1.93. The SMILES string of the molecule is CN(C)Cc1ccccc1[Te]. The molecule has 2 heteroatoms. The Morgan fingerprint density at radius 2 is 1.91 bits per heavy atom. The molecular weight excluding hydrogens is 250 g/mol. The number of nitrogens with zero attached hydrogens (tertiary/aromatic N) is 1. The summed E-state index contributed by atoms with van der Waals surface area (Å²) in [5, 5.41) is 0. The Morgan fingerprint density at radius 1 is 1.27 bits per heavy atom. The van der Waals surface area contributed by atoms with Crippen molar-refractivity contribution in [3.8, 4) is 0 Å². The summed E-state index contributed by atoms with van der Waals surface area (Å²) in [6.07, 6.45) is 0. The molecule has 59 valence electrons. The van der Waals surface area contributed by atoms with Crippen LogP contribution in [0, 0.1) is 0 Å². The standard InChI is InChI=1S/C9H12NTe/c1-10(2)7-8-5-3-4-6-9(8)11/h3-6H,7H2,1-2H3. The molecule has 0 heterocycles. The summed E-state index contributed by atoms with van der Waals surface area (Å²) in [4.78, 5) is 2.18. The molecule has 0 unspecified atom stereocenters. The predicted octanol–water partition coefficient (Wildman–Crippen LogP) is 0.542. The van der Waals surface area contributed by atoms with Crippen LogP contribution in [0.15, 0.2) is 24.3 Å². The second-order valence-electron chi connectivity index (χ2n) is 2.85. The Kier molecular flexibility index (Phi) is 3.39. The van der Waals surface area contributed by atoms with E-state index in [1.165, 1.54) is 9.17 Å². The van der Waals surface area contributed by atoms with Gasteiger partial charge in [-0.2, -0.15) is 0 Å². The maximum absolute atomic E-state index is 2.18. The van der Waals surface area contributed by atoms with Crippen LogP contribution in [0.1, 0.15) is 5.56 Å². The fourth-order valence-electron chi connectivity index (χ4n) is 0.975. The summed E-state index contributed by atoms with van der Waals surface area (Å²) in [5.74, 6) is 0. The summed E-state index contributed by atoms with van der Waals surface area (Å²) >= 11 is 2.08. The van der Waals surface area contributed by atoms with Crippen LogP contribution in [-0.4, -0.2) is 41.3 Å². The molecule has 0 atom stereocenters. The monoisotopic (exact) mass is 264 g/mol. The van der Waals surface area contributed by atoms with Crippen LogP contribution in [0.25, 0.3) is 0 Å². The Bertz CT molecular complexity index is 233. The second-order valence-corrected chi connectivity index (χ2v) is 4.10. The fraction of sp³-hybridized carbons (Fsp3) is 0.333. The maximum atomic E-state index is 2.18. The first-order valence-electron chi connectivity index (χ1n) is 3.60. The van der Waals surface area contributed by atoms with Crippen molar-refractivity contribution in [1.82, 2.24) is 4.90 Å². The van der Waals surface area contributed by atoms with Gasteiger partial charge < -0.3 is 0 Å². The minimum absolute atomic E-state index is 1.04. The summed E-state index contributed by atoms with van der Waals surface area (Å²) in [7, 11) is 4.18. The summed E-state index contributed by atoms with van der Waals surface area (Å²) in [5.41, 5.74) is 1.42. The molecule has 0 spiro atoms. The molecule has 11 heavy (non-hydrogen) atoms. The van der Waals surface area contributed by atoms with E-state index in [4.69, 9.17) is 0 Å². The molecular formula is C9H12NTe. The third-order valence-electron chi connectivity index (χ3n) is 1.46. The van der Waals surface area contributed by atoms with E-state index < -0.39 is 0 Å².